The van der Waals surface area contributed by atoms with Crippen LogP contribution in [0.5, 0.6) is 0 Å². The Kier molecular flexibility index (Phi) is 14.0. The second-order valence-electron chi connectivity index (χ2n) is 11.0. The molecule has 0 saturated heterocycles. The van der Waals surface area contributed by atoms with Crippen LogP contribution in [0.25, 0.3) is 0 Å². The molecule has 1 aliphatic carbocycles. The minimum atomic E-state index is -1.59. The molecule has 0 amide bonds. The topological polar surface area (TPSA) is 83.8 Å². The van der Waals surface area contributed by atoms with Crippen LogP contribution in [0.4, 0.5) is 0 Å². The molecular weight excluding hydrogens is 444 g/mol. The molecule has 5 nitrogen and oxygen atoms in total. The third kappa shape index (κ3) is 12.3. The monoisotopic (exact) mass is 492 g/mol. The van der Waals surface area contributed by atoms with E-state index in [-0.39, 0.29) is 30.0 Å². The van der Waals surface area contributed by atoms with Gasteiger partial charge in [0.25, 0.3) is 0 Å². The lowest BCUT2D eigenvalue weighted by molar-refractivity contribution is -0.134. The van der Waals surface area contributed by atoms with Gasteiger partial charge >= 0.3 is 5.97 Å². The van der Waals surface area contributed by atoms with Crippen LogP contribution >= 0.6 is 0 Å². The van der Waals surface area contributed by atoms with Crippen LogP contribution in [0.2, 0.25) is 19.6 Å². The zero-order valence-electron chi connectivity index (χ0n) is 22.2. The van der Waals surface area contributed by atoms with Crippen molar-refractivity contribution in [1.82, 2.24) is 0 Å². The second kappa shape index (κ2) is 15.5. The normalized spacial score (nSPS) is 22.4. The summed E-state index contributed by atoms with van der Waals surface area (Å²) in [5.41, 5.74) is 2.39. The van der Waals surface area contributed by atoms with Gasteiger partial charge in [-0.2, -0.15) is 0 Å². The van der Waals surface area contributed by atoms with Gasteiger partial charge in [-0.15, -0.1) is 5.54 Å². The molecule has 34 heavy (non-hydrogen) atoms. The number of aliphatic hydroxyl groups is 2. The van der Waals surface area contributed by atoms with Crippen molar-refractivity contribution in [3.63, 3.8) is 0 Å². The van der Waals surface area contributed by atoms with Crippen LogP contribution in [-0.4, -0.2) is 48.9 Å². The van der Waals surface area contributed by atoms with E-state index in [9.17, 15) is 19.8 Å². The molecule has 1 unspecified atom stereocenters. The zero-order chi connectivity index (χ0) is 25.6. The Morgan fingerprint density at radius 1 is 1.12 bits per heavy atom. The molecule has 194 valence electrons. The highest BCUT2D eigenvalue weighted by Gasteiger charge is 2.40. The average Bonchev–Trinajstić information content (AvgIpc) is 3.04. The maximum atomic E-state index is 12.5. The van der Waals surface area contributed by atoms with Gasteiger partial charge in [0, 0.05) is 18.4 Å². The summed E-state index contributed by atoms with van der Waals surface area (Å²) in [7, 11) is -0.230. The molecule has 0 spiro atoms. The lowest BCUT2D eigenvalue weighted by Crippen LogP contribution is -2.29. The molecule has 1 fully saturated rings. The van der Waals surface area contributed by atoms with Gasteiger partial charge in [0.05, 0.1) is 13.2 Å². The minimum Gasteiger partial charge on any atom is -0.466 e. The van der Waals surface area contributed by atoms with Crippen LogP contribution in [-0.2, 0) is 14.3 Å². The number of ketones is 1. The number of Topliss-reactive ketones (excluding diaryl/α,β-unsaturated/α-hetero) is 1. The number of ether oxygens (including phenoxy) is 1. The second-order valence-corrected chi connectivity index (χ2v) is 15.7. The summed E-state index contributed by atoms with van der Waals surface area (Å²) in [5, 5.41) is 21.8. The Hall–Kier alpha value is -1.42. The van der Waals surface area contributed by atoms with E-state index < -0.39 is 19.8 Å². The molecule has 1 saturated carbocycles. The molecule has 0 aromatic carbocycles. The highest BCUT2D eigenvalue weighted by atomic mass is 28.3. The molecule has 0 aromatic heterocycles. The average molecular weight is 493 g/mol. The van der Waals surface area contributed by atoms with Crippen molar-refractivity contribution in [2.75, 3.05) is 7.11 Å². The van der Waals surface area contributed by atoms with Crippen molar-refractivity contribution in [3.05, 3.63) is 12.2 Å². The molecule has 0 radical (unpaired) electrons. The van der Waals surface area contributed by atoms with E-state index in [1.807, 2.05) is 0 Å². The molecule has 4 atom stereocenters. The summed E-state index contributed by atoms with van der Waals surface area (Å²) < 4.78 is 4.58. The van der Waals surface area contributed by atoms with Gasteiger partial charge in [0.1, 0.15) is 19.5 Å². The van der Waals surface area contributed by atoms with Gasteiger partial charge in [-0.3, -0.25) is 4.79 Å². The molecule has 2 N–H and O–H groups in total. The summed E-state index contributed by atoms with van der Waals surface area (Å²) >= 11 is 0. The first-order chi connectivity index (χ1) is 16.0. The van der Waals surface area contributed by atoms with Gasteiger partial charge in [0.15, 0.2) is 0 Å². The maximum absolute atomic E-state index is 12.5. The first-order valence-electron chi connectivity index (χ1n) is 13.2. The van der Waals surface area contributed by atoms with Crippen LogP contribution in [0, 0.1) is 23.3 Å². The van der Waals surface area contributed by atoms with Crippen molar-refractivity contribution in [3.8, 4) is 11.5 Å². The SMILES string of the molecule is CCCCCCC(O)(C#C[Si](C)(C)C)CCC[C@H]1[C@H](O)CC(=O)[C@@H]1CCCCC=CC(=O)OC. The summed E-state index contributed by atoms with van der Waals surface area (Å²) in [4.78, 5) is 23.6. The number of carbonyl (C=O) groups is 2. The standard InChI is InChI=1S/C28H48O5Si/c1-6-7-8-13-18-28(32,20-21-34(3,4)5)19-14-16-24-23(25(29)22-26(24)30)15-11-9-10-12-17-27(31)33-2/h12,17,23-24,26,30,32H,6-11,13-16,18-19,22H2,1-5H3/t23-,24-,26-,28?/m1/s1. The number of esters is 1. The van der Waals surface area contributed by atoms with Crippen molar-refractivity contribution >= 4 is 19.8 Å². The van der Waals surface area contributed by atoms with E-state index in [0.29, 0.717) is 12.8 Å². The Morgan fingerprint density at radius 3 is 2.47 bits per heavy atom. The quantitative estimate of drug-likeness (QED) is 0.102. The first-order valence-corrected chi connectivity index (χ1v) is 16.7. The van der Waals surface area contributed by atoms with Crippen LogP contribution in [0.3, 0.4) is 0 Å². The summed E-state index contributed by atoms with van der Waals surface area (Å²) in [6.07, 6.45) is 13.4. The molecule has 1 aliphatic rings. The van der Waals surface area contributed by atoms with E-state index in [0.717, 1.165) is 57.8 Å². The fourth-order valence-electron chi connectivity index (χ4n) is 4.69. The Labute approximate surface area is 208 Å². The Balaban J connectivity index is 2.62. The van der Waals surface area contributed by atoms with Crippen molar-refractivity contribution < 1.29 is 24.5 Å². The summed E-state index contributed by atoms with van der Waals surface area (Å²) in [5.74, 6) is 2.90. The number of unbranched alkanes of at least 4 members (excludes halogenated alkanes) is 5. The highest BCUT2D eigenvalue weighted by Crippen LogP contribution is 2.37. The van der Waals surface area contributed by atoms with Crippen LogP contribution < -0.4 is 0 Å². The number of carbonyl (C=O) groups excluding carboxylic acids is 2. The first kappa shape index (κ1) is 30.6. The van der Waals surface area contributed by atoms with Crippen molar-refractivity contribution in [2.45, 2.75) is 122 Å². The zero-order valence-corrected chi connectivity index (χ0v) is 23.2. The van der Waals surface area contributed by atoms with Crippen molar-refractivity contribution in [2.24, 2.45) is 11.8 Å². The number of hydrogen-bond donors (Lipinski definition) is 2. The third-order valence-electron chi connectivity index (χ3n) is 6.67. The van der Waals surface area contributed by atoms with E-state index in [1.54, 1.807) is 6.08 Å². The minimum absolute atomic E-state index is 0.0348. The molecular formula is C28H48O5Si. The fraction of sp³-hybridized carbons (Fsp3) is 0.786. The molecule has 6 heteroatoms. The van der Waals surface area contributed by atoms with Gasteiger partial charge in [-0.05, 0) is 57.3 Å². The van der Waals surface area contributed by atoms with Crippen molar-refractivity contribution in [1.29, 1.82) is 0 Å². The molecule has 0 aliphatic heterocycles. The van der Waals surface area contributed by atoms with Gasteiger partial charge < -0.3 is 14.9 Å². The lowest BCUT2D eigenvalue weighted by Gasteiger charge is -2.26. The number of hydrogen-bond acceptors (Lipinski definition) is 5. The predicted octanol–water partition coefficient (Wildman–Crippen LogP) is 5.59. The largest absolute Gasteiger partial charge is 0.466 e. The number of rotatable bonds is 15. The third-order valence-corrected chi connectivity index (χ3v) is 7.54. The van der Waals surface area contributed by atoms with E-state index in [4.69, 9.17) is 0 Å². The van der Waals surface area contributed by atoms with Gasteiger partial charge in [-0.1, -0.05) is 64.2 Å². The van der Waals surface area contributed by atoms with Crippen LogP contribution in [0.1, 0.15) is 90.4 Å². The molecule has 1 rings (SSSR count). The predicted molar refractivity (Wildman–Crippen MR) is 141 cm³/mol. The van der Waals surface area contributed by atoms with Gasteiger partial charge in [-0.25, -0.2) is 4.79 Å². The van der Waals surface area contributed by atoms with E-state index in [1.165, 1.54) is 19.6 Å². The maximum Gasteiger partial charge on any atom is 0.330 e. The number of aliphatic hydroxyl groups excluding tert-OH is 1. The molecule has 0 aromatic rings. The van der Waals surface area contributed by atoms with Crippen LogP contribution in [0.15, 0.2) is 12.2 Å². The number of methoxy groups -OCH3 is 1. The van der Waals surface area contributed by atoms with E-state index in [2.05, 4.69) is 42.8 Å². The highest BCUT2D eigenvalue weighted by molar-refractivity contribution is 6.83. The fourth-order valence-corrected chi connectivity index (χ4v) is 5.29. The summed E-state index contributed by atoms with van der Waals surface area (Å²) in [6, 6.07) is 0. The summed E-state index contributed by atoms with van der Waals surface area (Å²) in [6.45, 7) is 8.75. The Bertz CT molecular complexity index is 715. The Morgan fingerprint density at radius 2 is 1.82 bits per heavy atom. The smallest absolute Gasteiger partial charge is 0.330 e. The number of allylic oxidation sites excluding steroid dienone is 1. The molecule has 0 heterocycles. The van der Waals surface area contributed by atoms with Gasteiger partial charge in [0.2, 0.25) is 0 Å². The molecule has 0 bridgehead atoms. The lowest BCUT2D eigenvalue weighted by atomic mass is 9.83. The van der Waals surface area contributed by atoms with E-state index >= 15 is 0 Å².